The Balaban J connectivity index is 2.36. The lowest BCUT2D eigenvalue weighted by atomic mass is 10.2. The molecule has 0 N–H and O–H groups in total. The maximum absolute atomic E-state index is 6.28. The van der Waals surface area contributed by atoms with Crippen LogP contribution >= 0.6 is 69.6 Å². The van der Waals surface area contributed by atoms with Crippen molar-refractivity contribution in [1.82, 2.24) is 0 Å². The molecular weight excluding hydrogens is 531 g/mol. The Bertz CT molecular complexity index is 754. The highest BCUT2D eigenvalue weighted by molar-refractivity contribution is 6.56. The molecule has 0 aliphatic rings. The van der Waals surface area contributed by atoms with E-state index in [-0.39, 0.29) is 28.3 Å². The Hall–Kier alpha value is -0.530. The molecule has 0 saturated carbocycles. The summed E-state index contributed by atoms with van der Waals surface area (Å²) in [4.78, 5) is 5.02. The Kier molecular flexibility index (Phi) is 14.8. The van der Waals surface area contributed by atoms with Gasteiger partial charge in [0.25, 0.3) is 0 Å². The minimum absolute atomic E-state index is 0.117. The summed E-state index contributed by atoms with van der Waals surface area (Å²) in [5.74, 6) is 0.887. The van der Waals surface area contributed by atoms with E-state index in [0.717, 1.165) is 12.8 Å². The van der Waals surface area contributed by atoms with E-state index in [4.69, 9.17) is 88.7 Å². The predicted molar refractivity (Wildman–Crippen MR) is 131 cm³/mol. The summed E-state index contributed by atoms with van der Waals surface area (Å²) in [5.41, 5.74) is 0.702. The summed E-state index contributed by atoms with van der Waals surface area (Å²) in [6.07, 6.45) is 4.41. The second-order valence-electron chi connectivity index (χ2n) is 6.26. The van der Waals surface area contributed by atoms with Crippen molar-refractivity contribution in [3.63, 3.8) is 0 Å². The fraction of sp³-hybridized carbons (Fsp3) is 0.450. The average molecular weight is 554 g/mol. The van der Waals surface area contributed by atoms with E-state index in [1.165, 1.54) is 12.2 Å². The third kappa shape index (κ3) is 13.6. The van der Waals surface area contributed by atoms with Crippen LogP contribution in [0.1, 0.15) is 26.7 Å². The first kappa shape index (κ1) is 28.5. The number of benzene rings is 1. The first-order chi connectivity index (χ1) is 14.7. The van der Waals surface area contributed by atoms with Crippen LogP contribution in [0.15, 0.2) is 38.4 Å². The van der Waals surface area contributed by atoms with Crippen LogP contribution in [-0.2, 0) is 9.57 Å². The van der Waals surface area contributed by atoms with Crippen molar-refractivity contribution in [3.8, 4) is 11.5 Å². The van der Waals surface area contributed by atoms with Crippen LogP contribution in [0.3, 0.4) is 0 Å². The monoisotopic (exact) mass is 551 g/mol. The number of halogens is 6. The van der Waals surface area contributed by atoms with Crippen LogP contribution in [0.25, 0.3) is 0 Å². The molecule has 0 heterocycles. The molecule has 1 aromatic carbocycles. The normalized spacial score (nSPS) is 12.2. The Morgan fingerprint density at radius 2 is 1.65 bits per heavy atom. The lowest BCUT2D eigenvalue weighted by molar-refractivity contribution is 0.136. The molecule has 0 aromatic heterocycles. The Labute approximate surface area is 212 Å². The third-order valence-corrected chi connectivity index (χ3v) is 4.70. The minimum Gasteiger partial charge on any atom is -0.489 e. The van der Waals surface area contributed by atoms with Gasteiger partial charge in [0.1, 0.15) is 27.9 Å². The molecule has 31 heavy (non-hydrogen) atoms. The highest BCUT2D eigenvalue weighted by Gasteiger charge is 2.14. The van der Waals surface area contributed by atoms with Crippen LogP contribution in [0, 0.1) is 0 Å². The Morgan fingerprint density at radius 3 is 2.26 bits per heavy atom. The van der Waals surface area contributed by atoms with Gasteiger partial charge < -0.3 is 19.0 Å². The van der Waals surface area contributed by atoms with E-state index < -0.39 is 0 Å². The van der Waals surface area contributed by atoms with Crippen molar-refractivity contribution in [3.05, 3.63) is 43.3 Å². The van der Waals surface area contributed by atoms with Gasteiger partial charge in [0.15, 0.2) is 5.75 Å². The van der Waals surface area contributed by atoms with Gasteiger partial charge in [-0.05, 0) is 38.8 Å². The zero-order valence-corrected chi connectivity index (χ0v) is 21.5. The smallest absolute Gasteiger partial charge is 0.157 e. The molecule has 1 rings (SSSR count). The van der Waals surface area contributed by atoms with Gasteiger partial charge in [-0.3, -0.25) is 0 Å². The van der Waals surface area contributed by atoms with Crippen LogP contribution in [0.2, 0.25) is 10.0 Å². The Morgan fingerprint density at radius 1 is 1.03 bits per heavy atom. The summed E-state index contributed by atoms with van der Waals surface area (Å²) in [7, 11) is 0. The predicted octanol–water partition coefficient (Wildman–Crippen LogP) is 7.97. The molecular formula is C20H23Cl6NO4. The van der Waals surface area contributed by atoms with Crippen molar-refractivity contribution in [1.29, 1.82) is 0 Å². The zero-order valence-electron chi connectivity index (χ0n) is 17.0. The summed E-state index contributed by atoms with van der Waals surface area (Å²) in [6, 6.07) is 3.24. The van der Waals surface area contributed by atoms with Crippen LogP contribution in [0.5, 0.6) is 11.5 Å². The lowest BCUT2D eigenvalue weighted by Crippen LogP contribution is -2.14. The minimum atomic E-state index is -0.117. The highest BCUT2D eigenvalue weighted by Crippen LogP contribution is 2.37. The number of rotatable bonds is 14. The fourth-order valence-electron chi connectivity index (χ4n) is 2.16. The molecule has 11 heteroatoms. The number of hydrogen-bond acceptors (Lipinski definition) is 5. The summed E-state index contributed by atoms with van der Waals surface area (Å²) in [6.45, 7) is 5.03. The molecule has 0 bridgehead atoms. The molecule has 1 atom stereocenters. The van der Waals surface area contributed by atoms with Gasteiger partial charge in [-0.15, -0.1) is 0 Å². The summed E-state index contributed by atoms with van der Waals surface area (Å²) < 4.78 is 17.2. The maximum atomic E-state index is 6.28. The second-order valence-corrected chi connectivity index (χ2v) is 9.09. The van der Waals surface area contributed by atoms with Gasteiger partial charge in [-0.25, -0.2) is 0 Å². The topological polar surface area (TPSA) is 49.3 Å². The molecule has 0 aliphatic heterocycles. The molecule has 0 aliphatic carbocycles. The van der Waals surface area contributed by atoms with E-state index >= 15 is 0 Å². The molecule has 0 fully saturated rings. The molecule has 174 valence electrons. The van der Waals surface area contributed by atoms with Crippen molar-refractivity contribution in [2.75, 3.05) is 26.4 Å². The first-order valence-corrected chi connectivity index (χ1v) is 11.5. The first-order valence-electron chi connectivity index (χ1n) is 9.23. The van der Waals surface area contributed by atoms with E-state index in [2.05, 4.69) is 5.16 Å². The van der Waals surface area contributed by atoms with E-state index in [0.29, 0.717) is 40.5 Å². The molecule has 1 aromatic rings. The van der Waals surface area contributed by atoms with Crippen molar-refractivity contribution in [2.45, 2.75) is 32.8 Å². The van der Waals surface area contributed by atoms with Gasteiger partial charge in [0.2, 0.25) is 0 Å². The maximum Gasteiger partial charge on any atom is 0.157 e. The lowest BCUT2D eigenvalue weighted by Gasteiger charge is -2.17. The van der Waals surface area contributed by atoms with Crippen LogP contribution in [0.4, 0.5) is 0 Å². The highest BCUT2D eigenvalue weighted by atomic mass is 35.5. The second kappa shape index (κ2) is 16.1. The summed E-state index contributed by atoms with van der Waals surface area (Å²) >= 11 is 34.6. The summed E-state index contributed by atoms with van der Waals surface area (Å²) in [5, 5.41) is 4.59. The zero-order chi connectivity index (χ0) is 23.2. The standard InChI is InChI=1S/C20H23Cl6NO4/c1-13(27-30-9-6-19(25)26)12-28-7-3-4-14(2)31-20-16(21)10-15(11-17(20)22)29-8-5-18(23)24/h5-6,10-11,14H,3-4,7-9,12H2,1-2H3. The van der Waals surface area contributed by atoms with Gasteiger partial charge in [-0.1, -0.05) is 74.8 Å². The van der Waals surface area contributed by atoms with Crippen molar-refractivity contribution in [2.24, 2.45) is 5.16 Å². The molecule has 0 radical (unpaired) electrons. The van der Waals surface area contributed by atoms with E-state index in [1.807, 2.05) is 6.92 Å². The van der Waals surface area contributed by atoms with E-state index in [1.54, 1.807) is 19.1 Å². The van der Waals surface area contributed by atoms with Crippen LogP contribution < -0.4 is 9.47 Å². The molecule has 1 unspecified atom stereocenters. The largest absolute Gasteiger partial charge is 0.489 e. The number of ether oxygens (including phenoxy) is 3. The van der Waals surface area contributed by atoms with Crippen molar-refractivity contribution >= 4 is 75.3 Å². The van der Waals surface area contributed by atoms with Gasteiger partial charge in [0, 0.05) is 18.7 Å². The SMILES string of the molecule is CC(COCCCC(C)Oc1c(Cl)cc(OCC=C(Cl)Cl)cc1Cl)=NOCC=C(Cl)Cl. The van der Waals surface area contributed by atoms with Gasteiger partial charge in [0.05, 0.1) is 28.5 Å². The molecule has 0 amide bonds. The number of hydrogen-bond donors (Lipinski definition) is 0. The van der Waals surface area contributed by atoms with Gasteiger partial charge in [-0.2, -0.15) is 0 Å². The van der Waals surface area contributed by atoms with Crippen LogP contribution in [-0.4, -0.2) is 38.2 Å². The number of oxime groups is 1. The average Bonchev–Trinajstić information content (AvgIpc) is 2.67. The number of nitrogens with zero attached hydrogens (tertiary/aromatic N) is 1. The van der Waals surface area contributed by atoms with Gasteiger partial charge >= 0.3 is 0 Å². The van der Waals surface area contributed by atoms with E-state index in [9.17, 15) is 0 Å². The fourth-order valence-corrected chi connectivity index (χ4v) is 2.97. The quantitative estimate of drug-likeness (QED) is 0.133. The third-order valence-electron chi connectivity index (χ3n) is 3.52. The molecule has 5 nitrogen and oxygen atoms in total. The van der Waals surface area contributed by atoms with Crippen molar-refractivity contribution < 1.29 is 19.0 Å². The molecule has 0 saturated heterocycles. The molecule has 0 spiro atoms.